The lowest BCUT2D eigenvalue weighted by Gasteiger charge is -2.21. The fraction of sp³-hybridized carbons (Fsp3) is 0.455. The Bertz CT molecular complexity index is 349. The zero-order chi connectivity index (χ0) is 10.2. The van der Waals surface area contributed by atoms with Gasteiger partial charge in [0.25, 0.3) is 0 Å². The summed E-state index contributed by atoms with van der Waals surface area (Å²) in [5.74, 6) is 1.18. The lowest BCUT2D eigenvalue weighted by atomic mass is 9.96. The summed E-state index contributed by atoms with van der Waals surface area (Å²) in [5.41, 5.74) is 1.63. The molecule has 0 saturated heterocycles. The molecule has 1 N–H and O–H groups in total. The van der Waals surface area contributed by atoms with Crippen LogP contribution in [0.3, 0.4) is 0 Å². The van der Waals surface area contributed by atoms with Crippen LogP contribution in [-0.4, -0.2) is 12.3 Å². The highest BCUT2D eigenvalue weighted by atomic mass is 79.9. The van der Waals surface area contributed by atoms with E-state index in [1.54, 1.807) is 0 Å². The molecule has 0 aliphatic carbocycles. The highest BCUT2D eigenvalue weighted by Crippen LogP contribution is 2.37. The number of benzene rings is 1. The van der Waals surface area contributed by atoms with Gasteiger partial charge in [-0.2, -0.15) is 0 Å². The monoisotopic (exact) mass is 271 g/mol. The Hall–Kier alpha value is -0.150. The van der Waals surface area contributed by atoms with E-state index in [2.05, 4.69) is 53.3 Å². The molecule has 0 spiro atoms. The summed E-state index contributed by atoms with van der Waals surface area (Å²) in [4.78, 5) is 1.36. The lowest BCUT2D eigenvalue weighted by Crippen LogP contribution is -2.23. The minimum Gasteiger partial charge on any atom is -0.384 e. The van der Waals surface area contributed by atoms with Crippen molar-refractivity contribution < 1.29 is 0 Å². The van der Waals surface area contributed by atoms with Gasteiger partial charge in [-0.1, -0.05) is 29.8 Å². The third-order valence-corrected chi connectivity index (χ3v) is 4.40. The van der Waals surface area contributed by atoms with E-state index in [4.69, 9.17) is 0 Å². The van der Waals surface area contributed by atoms with E-state index in [1.807, 2.05) is 11.8 Å². The summed E-state index contributed by atoms with van der Waals surface area (Å²) >= 11 is 5.44. The summed E-state index contributed by atoms with van der Waals surface area (Å²) in [6.07, 6.45) is 0. The van der Waals surface area contributed by atoms with Gasteiger partial charge < -0.3 is 5.32 Å². The first-order valence-corrected chi connectivity index (χ1v) is 6.51. The molecule has 14 heavy (non-hydrogen) atoms. The van der Waals surface area contributed by atoms with Gasteiger partial charge in [-0.15, -0.1) is 11.8 Å². The molecule has 1 aromatic rings. The highest BCUT2D eigenvalue weighted by Gasteiger charge is 2.22. The Labute approximate surface area is 97.8 Å². The van der Waals surface area contributed by atoms with Crippen molar-refractivity contribution in [3.63, 3.8) is 0 Å². The second kappa shape index (κ2) is 3.78. The van der Waals surface area contributed by atoms with E-state index in [-0.39, 0.29) is 0 Å². The van der Waals surface area contributed by atoms with Crippen LogP contribution in [0.5, 0.6) is 0 Å². The second-order valence-electron chi connectivity index (χ2n) is 4.45. The first-order valence-electron chi connectivity index (χ1n) is 4.73. The molecule has 1 nitrogen and oxygen atoms in total. The summed E-state index contributed by atoms with van der Waals surface area (Å²) < 4.78 is 1.14. The van der Waals surface area contributed by atoms with Gasteiger partial charge in [-0.3, -0.25) is 0 Å². The molecule has 0 fully saturated rings. The molecule has 0 unspecified atom stereocenters. The molecular formula is C11H14BrNS. The molecule has 1 aromatic carbocycles. The number of thioether (sulfide) groups is 1. The topological polar surface area (TPSA) is 12.0 Å². The van der Waals surface area contributed by atoms with E-state index in [1.165, 1.54) is 16.3 Å². The molecule has 0 atom stereocenters. The Morgan fingerprint density at radius 3 is 3.00 bits per heavy atom. The van der Waals surface area contributed by atoms with Crippen molar-refractivity contribution in [3.05, 3.63) is 22.7 Å². The third-order valence-electron chi connectivity index (χ3n) is 2.32. The minimum atomic E-state index is 0.371. The maximum atomic E-state index is 3.51. The quantitative estimate of drug-likeness (QED) is 0.766. The van der Waals surface area contributed by atoms with Crippen LogP contribution in [0.4, 0.5) is 5.69 Å². The number of rotatable bonds is 0. The molecule has 2 rings (SSSR count). The van der Waals surface area contributed by atoms with Crippen molar-refractivity contribution in [2.75, 3.05) is 17.6 Å². The van der Waals surface area contributed by atoms with E-state index in [0.717, 1.165) is 11.0 Å². The SMILES string of the molecule is CC1(C)CNc2cc(Br)ccc2SC1. The van der Waals surface area contributed by atoms with E-state index >= 15 is 0 Å². The third kappa shape index (κ3) is 2.26. The van der Waals surface area contributed by atoms with Gasteiger partial charge in [-0.25, -0.2) is 0 Å². The van der Waals surface area contributed by atoms with Crippen LogP contribution in [0, 0.1) is 5.41 Å². The van der Waals surface area contributed by atoms with E-state index in [9.17, 15) is 0 Å². The van der Waals surface area contributed by atoms with Gasteiger partial charge in [-0.05, 0) is 23.6 Å². The van der Waals surface area contributed by atoms with Crippen molar-refractivity contribution >= 4 is 33.4 Å². The first-order chi connectivity index (χ1) is 6.57. The smallest absolute Gasteiger partial charge is 0.0489 e. The van der Waals surface area contributed by atoms with Crippen LogP contribution < -0.4 is 5.32 Å². The van der Waals surface area contributed by atoms with Crippen molar-refractivity contribution in [1.29, 1.82) is 0 Å². The molecule has 3 heteroatoms. The zero-order valence-electron chi connectivity index (χ0n) is 8.43. The molecule has 1 aliphatic heterocycles. The van der Waals surface area contributed by atoms with Gasteiger partial charge >= 0.3 is 0 Å². The maximum Gasteiger partial charge on any atom is 0.0489 e. The van der Waals surface area contributed by atoms with Gasteiger partial charge in [0, 0.05) is 27.4 Å². The minimum absolute atomic E-state index is 0.371. The molecule has 1 aliphatic rings. The Kier molecular flexibility index (Phi) is 2.80. The fourth-order valence-electron chi connectivity index (χ4n) is 1.42. The van der Waals surface area contributed by atoms with Crippen molar-refractivity contribution in [1.82, 2.24) is 0 Å². The molecule has 1 heterocycles. The second-order valence-corrected chi connectivity index (χ2v) is 6.38. The van der Waals surface area contributed by atoms with Gasteiger partial charge in [0.15, 0.2) is 0 Å². The van der Waals surface area contributed by atoms with Crippen LogP contribution in [0.25, 0.3) is 0 Å². The Morgan fingerprint density at radius 1 is 1.43 bits per heavy atom. The molecule has 0 radical (unpaired) electrons. The first kappa shape index (κ1) is 10.4. The summed E-state index contributed by atoms with van der Waals surface area (Å²) in [6, 6.07) is 6.44. The van der Waals surface area contributed by atoms with Crippen LogP contribution in [-0.2, 0) is 0 Å². The fourth-order valence-corrected chi connectivity index (χ4v) is 2.89. The number of hydrogen-bond acceptors (Lipinski definition) is 2. The average Bonchev–Trinajstić information content (AvgIpc) is 2.26. The van der Waals surface area contributed by atoms with Crippen molar-refractivity contribution in [2.45, 2.75) is 18.7 Å². The van der Waals surface area contributed by atoms with Crippen molar-refractivity contribution in [3.8, 4) is 0 Å². The summed E-state index contributed by atoms with van der Waals surface area (Å²) in [6.45, 7) is 5.64. The molecule has 0 amide bonds. The Morgan fingerprint density at radius 2 is 2.21 bits per heavy atom. The summed E-state index contributed by atoms with van der Waals surface area (Å²) in [5, 5.41) is 3.51. The largest absolute Gasteiger partial charge is 0.384 e. The average molecular weight is 272 g/mol. The van der Waals surface area contributed by atoms with Crippen LogP contribution in [0.15, 0.2) is 27.6 Å². The number of anilines is 1. The van der Waals surface area contributed by atoms with E-state index < -0.39 is 0 Å². The molecule has 0 bridgehead atoms. The van der Waals surface area contributed by atoms with E-state index in [0.29, 0.717) is 5.41 Å². The highest BCUT2D eigenvalue weighted by molar-refractivity contribution is 9.10. The number of nitrogens with one attached hydrogen (secondary N) is 1. The van der Waals surface area contributed by atoms with Gasteiger partial charge in [0.1, 0.15) is 0 Å². The summed E-state index contributed by atoms with van der Waals surface area (Å²) in [7, 11) is 0. The predicted octanol–water partition coefficient (Wildman–Crippen LogP) is 3.99. The zero-order valence-corrected chi connectivity index (χ0v) is 10.8. The van der Waals surface area contributed by atoms with Gasteiger partial charge in [0.05, 0.1) is 0 Å². The molecule has 0 aromatic heterocycles. The predicted molar refractivity (Wildman–Crippen MR) is 67.1 cm³/mol. The van der Waals surface area contributed by atoms with Gasteiger partial charge in [0.2, 0.25) is 0 Å². The normalized spacial score (nSPS) is 19.4. The molecule has 76 valence electrons. The number of hydrogen-bond donors (Lipinski definition) is 1. The molecule has 0 saturated carbocycles. The maximum absolute atomic E-state index is 3.51. The molecular weight excluding hydrogens is 258 g/mol. The van der Waals surface area contributed by atoms with Crippen LogP contribution in [0.1, 0.15) is 13.8 Å². The Balaban J connectivity index is 2.30. The number of halogens is 1. The number of fused-ring (bicyclic) bond motifs is 1. The van der Waals surface area contributed by atoms with Crippen LogP contribution >= 0.6 is 27.7 Å². The van der Waals surface area contributed by atoms with Crippen molar-refractivity contribution in [2.24, 2.45) is 5.41 Å². The standard InChI is InChI=1S/C11H14BrNS/c1-11(2)6-13-9-5-8(12)3-4-10(9)14-7-11/h3-5,13H,6-7H2,1-2H3. The lowest BCUT2D eigenvalue weighted by molar-refractivity contribution is 0.456. The van der Waals surface area contributed by atoms with Crippen LogP contribution in [0.2, 0.25) is 0 Å².